The van der Waals surface area contributed by atoms with Crippen molar-refractivity contribution >= 4 is 0 Å². The van der Waals surface area contributed by atoms with Crippen LogP contribution in [0.25, 0.3) is 0 Å². The number of hydrogen-bond acceptors (Lipinski definition) is 2. The van der Waals surface area contributed by atoms with Gasteiger partial charge in [-0.2, -0.15) is 0 Å². The quantitative estimate of drug-likeness (QED) is 0.713. The maximum absolute atomic E-state index is 3.97. The van der Waals surface area contributed by atoms with Gasteiger partial charge in [-0.15, -0.1) is 6.58 Å². The van der Waals surface area contributed by atoms with Crippen molar-refractivity contribution in [3.05, 3.63) is 24.3 Å². The average molecular weight is 272 g/mol. The molecule has 4 rings (SSSR count). The molecule has 0 aromatic rings. The molecule has 0 saturated carbocycles. The van der Waals surface area contributed by atoms with Gasteiger partial charge >= 0.3 is 0 Å². The summed E-state index contributed by atoms with van der Waals surface area (Å²) in [6.45, 7) is 9.03. The second-order valence-electron chi connectivity index (χ2n) is 7.29. The van der Waals surface area contributed by atoms with Crippen molar-refractivity contribution in [3.8, 4) is 0 Å². The van der Waals surface area contributed by atoms with E-state index in [4.69, 9.17) is 0 Å². The monoisotopic (exact) mass is 272 g/mol. The third kappa shape index (κ3) is 2.08. The Morgan fingerprint density at radius 3 is 3.10 bits per heavy atom. The fourth-order valence-corrected chi connectivity index (χ4v) is 5.45. The van der Waals surface area contributed by atoms with Crippen molar-refractivity contribution in [2.45, 2.75) is 50.6 Å². The Balaban J connectivity index is 1.63. The van der Waals surface area contributed by atoms with Crippen molar-refractivity contribution < 1.29 is 0 Å². The molecule has 4 unspecified atom stereocenters. The molecule has 0 amide bonds. The number of likely N-dealkylation sites (tertiary alicyclic amines) is 1. The number of nitrogens with zero attached hydrogens (tertiary/aromatic N) is 2. The zero-order valence-electron chi connectivity index (χ0n) is 12.6. The molecule has 2 bridgehead atoms. The van der Waals surface area contributed by atoms with E-state index < -0.39 is 0 Å². The molecule has 1 aliphatic carbocycles. The average Bonchev–Trinajstić information content (AvgIpc) is 2.48. The maximum Gasteiger partial charge on any atom is 0.0351 e. The van der Waals surface area contributed by atoms with Crippen molar-refractivity contribution in [3.63, 3.8) is 0 Å². The SMILES string of the molecule is C=CCN1CCCC2=CC3CC(CN4CCCCC34)C21. The van der Waals surface area contributed by atoms with Crippen molar-refractivity contribution in [1.82, 2.24) is 9.80 Å². The van der Waals surface area contributed by atoms with Crippen LogP contribution in [0.1, 0.15) is 38.5 Å². The van der Waals surface area contributed by atoms with Gasteiger partial charge in [0.25, 0.3) is 0 Å². The fourth-order valence-electron chi connectivity index (χ4n) is 5.45. The molecule has 4 atom stereocenters. The Morgan fingerprint density at radius 1 is 1.25 bits per heavy atom. The minimum Gasteiger partial charge on any atom is -0.299 e. The van der Waals surface area contributed by atoms with E-state index in [1.807, 2.05) is 0 Å². The van der Waals surface area contributed by atoms with E-state index in [1.165, 1.54) is 58.2 Å². The Bertz CT molecular complexity index is 414. The molecule has 0 aromatic carbocycles. The topological polar surface area (TPSA) is 6.48 Å². The van der Waals surface area contributed by atoms with Gasteiger partial charge in [0, 0.05) is 25.2 Å². The van der Waals surface area contributed by atoms with Crippen LogP contribution in [0.2, 0.25) is 0 Å². The van der Waals surface area contributed by atoms with Crippen molar-refractivity contribution in [1.29, 1.82) is 0 Å². The van der Waals surface area contributed by atoms with Crippen LogP contribution in [-0.2, 0) is 0 Å². The van der Waals surface area contributed by atoms with Gasteiger partial charge in [-0.25, -0.2) is 0 Å². The normalized spacial score (nSPS) is 41.5. The smallest absolute Gasteiger partial charge is 0.0351 e. The minimum atomic E-state index is 0.737. The summed E-state index contributed by atoms with van der Waals surface area (Å²) in [6, 6.07) is 1.61. The van der Waals surface area contributed by atoms with Gasteiger partial charge in [-0.3, -0.25) is 9.80 Å². The van der Waals surface area contributed by atoms with Gasteiger partial charge in [0.1, 0.15) is 0 Å². The number of hydrogen-bond donors (Lipinski definition) is 0. The highest BCUT2D eigenvalue weighted by molar-refractivity contribution is 5.24. The third-order valence-electron chi connectivity index (χ3n) is 6.12. The highest BCUT2D eigenvalue weighted by atomic mass is 15.2. The summed E-state index contributed by atoms with van der Waals surface area (Å²) in [5, 5.41) is 0. The van der Waals surface area contributed by atoms with Crippen LogP contribution in [0.5, 0.6) is 0 Å². The lowest BCUT2D eigenvalue weighted by atomic mass is 9.68. The first-order valence-corrected chi connectivity index (χ1v) is 8.66. The van der Waals surface area contributed by atoms with Gasteiger partial charge in [0.2, 0.25) is 0 Å². The Kier molecular flexibility index (Phi) is 3.47. The zero-order valence-corrected chi connectivity index (χ0v) is 12.6. The Labute approximate surface area is 123 Å². The summed E-state index contributed by atoms with van der Waals surface area (Å²) in [5.74, 6) is 1.75. The number of fused-ring (bicyclic) bond motifs is 6. The maximum atomic E-state index is 3.97. The molecule has 0 spiro atoms. The lowest BCUT2D eigenvalue weighted by Gasteiger charge is -2.54. The van der Waals surface area contributed by atoms with Gasteiger partial charge < -0.3 is 0 Å². The highest BCUT2D eigenvalue weighted by Crippen LogP contribution is 2.44. The van der Waals surface area contributed by atoms with Crippen LogP contribution in [-0.4, -0.2) is 48.1 Å². The fraction of sp³-hybridized carbons (Fsp3) is 0.778. The van der Waals surface area contributed by atoms with Crippen LogP contribution in [0, 0.1) is 11.8 Å². The molecular formula is C18H28N2. The molecular weight excluding hydrogens is 244 g/mol. The standard InChI is InChI=1S/C18H28N2/c1-2-8-19-10-5-6-14-11-15-12-16(18(14)19)13-20-9-4-3-7-17(15)20/h2,11,15-18H,1,3-10,12-13H2. The predicted molar refractivity (Wildman–Crippen MR) is 83.7 cm³/mol. The molecule has 3 saturated heterocycles. The van der Waals surface area contributed by atoms with Gasteiger partial charge in [0.05, 0.1) is 0 Å². The largest absolute Gasteiger partial charge is 0.299 e. The van der Waals surface area contributed by atoms with Gasteiger partial charge in [-0.1, -0.05) is 24.1 Å². The Hall–Kier alpha value is -0.600. The number of rotatable bonds is 2. The summed E-state index contributed by atoms with van der Waals surface area (Å²) in [7, 11) is 0. The van der Waals surface area contributed by atoms with Crippen LogP contribution >= 0.6 is 0 Å². The second-order valence-corrected chi connectivity index (χ2v) is 7.29. The molecule has 0 radical (unpaired) electrons. The minimum absolute atomic E-state index is 0.737. The third-order valence-corrected chi connectivity index (χ3v) is 6.12. The summed E-state index contributed by atoms with van der Waals surface area (Å²) >= 11 is 0. The first-order valence-electron chi connectivity index (χ1n) is 8.66. The molecule has 0 N–H and O–H groups in total. The van der Waals surface area contributed by atoms with E-state index in [2.05, 4.69) is 28.5 Å². The number of piperidine rings is 3. The first kappa shape index (κ1) is 13.1. The van der Waals surface area contributed by atoms with E-state index in [1.54, 1.807) is 5.57 Å². The van der Waals surface area contributed by atoms with Crippen LogP contribution < -0.4 is 0 Å². The van der Waals surface area contributed by atoms with Crippen molar-refractivity contribution in [2.24, 2.45) is 11.8 Å². The van der Waals surface area contributed by atoms with E-state index >= 15 is 0 Å². The Morgan fingerprint density at radius 2 is 2.20 bits per heavy atom. The second kappa shape index (κ2) is 5.31. The van der Waals surface area contributed by atoms with E-state index in [-0.39, 0.29) is 0 Å². The van der Waals surface area contributed by atoms with E-state index in [0.717, 1.165) is 30.5 Å². The van der Waals surface area contributed by atoms with E-state index in [9.17, 15) is 0 Å². The van der Waals surface area contributed by atoms with Crippen molar-refractivity contribution in [2.75, 3.05) is 26.2 Å². The summed E-state index contributed by atoms with van der Waals surface area (Å²) < 4.78 is 0. The van der Waals surface area contributed by atoms with Crippen LogP contribution in [0.3, 0.4) is 0 Å². The lowest BCUT2D eigenvalue weighted by molar-refractivity contribution is 0.00201. The predicted octanol–water partition coefficient (Wildman–Crippen LogP) is 3.07. The summed E-state index contributed by atoms with van der Waals surface area (Å²) in [4.78, 5) is 5.53. The molecule has 2 heteroatoms. The van der Waals surface area contributed by atoms with Gasteiger partial charge in [-0.05, 0) is 57.0 Å². The summed E-state index contributed by atoms with van der Waals surface area (Å²) in [6.07, 6.45) is 13.3. The van der Waals surface area contributed by atoms with E-state index in [0.29, 0.717) is 0 Å². The molecule has 2 nitrogen and oxygen atoms in total. The molecule has 3 aliphatic heterocycles. The van der Waals surface area contributed by atoms with Crippen LogP contribution in [0.4, 0.5) is 0 Å². The molecule has 20 heavy (non-hydrogen) atoms. The molecule has 3 heterocycles. The molecule has 110 valence electrons. The molecule has 3 fully saturated rings. The molecule has 0 aromatic heterocycles. The van der Waals surface area contributed by atoms with Crippen LogP contribution in [0.15, 0.2) is 24.3 Å². The zero-order chi connectivity index (χ0) is 13.5. The first-order chi connectivity index (χ1) is 9.86. The van der Waals surface area contributed by atoms with Gasteiger partial charge in [0.15, 0.2) is 0 Å². The summed E-state index contributed by atoms with van der Waals surface area (Å²) in [5.41, 5.74) is 1.78. The molecule has 4 aliphatic rings. The highest BCUT2D eigenvalue weighted by Gasteiger charge is 2.45. The lowest BCUT2D eigenvalue weighted by Crippen LogP contribution is -2.59.